The summed E-state index contributed by atoms with van der Waals surface area (Å²) in [6.45, 7) is 7.60. The van der Waals surface area contributed by atoms with E-state index in [1.165, 1.54) is 6.07 Å². The summed E-state index contributed by atoms with van der Waals surface area (Å²) in [7, 11) is 0. The van der Waals surface area contributed by atoms with Gasteiger partial charge in [-0.25, -0.2) is 14.8 Å². The first kappa shape index (κ1) is 26.5. The normalized spacial score (nSPS) is 21.0. The maximum atomic E-state index is 13.4. The molecular weight excluding hydrogens is 537 g/mol. The summed E-state index contributed by atoms with van der Waals surface area (Å²) < 4.78 is 46.2. The molecule has 0 spiro atoms. The van der Waals surface area contributed by atoms with E-state index in [9.17, 15) is 18.0 Å². The number of hydrogen-bond donors (Lipinski definition) is 0. The van der Waals surface area contributed by atoms with E-state index >= 15 is 0 Å². The van der Waals surface area contributed by atoms with Gasteiger partial charge in [0.05, 0.1) is 16.1 Å². The van der Waals surface area contributed by atoms with Gasteiger partial charge in [0, 0.05) is 42.1 Å². The van der Waals surface area contributed by atoms with Crippen LogP contribution in [0.15, 0.2) is 35.1 Å². The van der Waals surface area contributed by atoms with Crippen LogP contribution in [0.4, 0.5) is 23.9 Å². The van der Waals surface area contributed by atoms with Crippen molar-refractivity contribution in [2.45, 2.75) is 77.5 Å². The molecule has 0 radical (unpaired) electrons. The molecule has 2 unspecified atom stereocenters. The highest BCUT2D eigenvalue weighted by Gasteiger charge is 2.38. The smallest absolute Gasteiger partial charge is 0.416 e. The van der Waals surface area contributed by atoms with Crippen LogP contribution in [0.5, 0.6) is 0 Å². The number of halogens is 5. The van der Waals surface area contributed by atoms with Crippen molar-refractivity contribution >= 4 is 39.6 Å². The summed E-state index contributed by atoms with van der Waals surface area (Å²) in [5, 5.41) is 0.00878. The van der Waals surface area contributed by atoms with Gasteiger partial charge in [-0.05, 0) is 80.2 Å². The van der Waals surface area contributed by atoms with Crippen molar-refractivity contribution in [3.63, 3.8) is 0 Å². The first-order chi connectivity index (χ1) is 15.8. The van der Waals surface area contributed by atoms with E-state index in [1.807, 2.05) is 18.7 Å². The van der Waals surface area contributed by atoms with Crippen molar-refractivity contribution in [2.75, 3.05) is 4.90 Å². The fraction of sp³-hybridized carbons (Fsp3) is 0.522. The lowest BCUT2D eigenvalue weighted by Gasteiger charge is -2.45. The highest BCUT2D eigenvalue weighted by atomic mass is 79.9. The maximum absolute atomic E-state index is 13.4. The summed E-state index contributed by atoms with van der Waals surface area (Å²) in [5.41, 5.74) is -0.409. The zero-order chi connectivity index (χ0) is 25.2. The second-order valence-electron chi connectivity index (χ2n) is 8.84. The van der Waals surface area contributed by atoms with E-state index in [1.54, 1.807) is 31.1 Å². The summed E-state index contributed by atoms with van der Waals surface area (Å²) in [5.74, 6) is 0.388. The molecule has 1 aromatic heterocycles. The molecule has 1 amide bonds. The first-order valence-electron chi connectivity index (χ1n) is 10.9. The minimum absolute atomic E-state index is 0.00878. The van der Waals surface area contributed by atoms with Gasteiger partial charge in [-0.1, -0.05) is 11.6 Å². The van der Waals surface area contributed by atoms with Crippen molar-refractivity contribution in [3.05, 3.63) is 51.2 Å². The molecular formula is C23H27BrClF3N4O2. The lowest BCUT2D eigenvalue weighted by atomic mass is 9.91. The number of amides is 1. The number of alkyl halides is 3. The Balaban J connectivity index is 1.92. The first-order valence-corrected chi connectivity index (χ1v) is 12.1. The molecule has 6 nitrogen and oxygen atoms in total. The lowest BCUT2D eigenvalue weighted by Crippen LogP contribution is -2.55. The Kier molecular flexibility index (Phi) is 8.34. The molecule has 0 saturated carbocycles. The fourth-order valence-electron chi connectivity index (χ4n) is 4.34. The highest BCUT2D eigenvalue weighted by Crippen LogP contribution is 2.34. The number of carbonyl (C=O) groups excluding carboxylic acids is 1. The van der Waals surface area contributed by atoms with E-state index < -0.39 is 11.7 Å². The van der Waals surface area contributed by atoms with Crippen LogP contribution in [0.25, 0.3) is 0 Å². The molecule has 186 valence electrons. The average molecular weight is 564 g/mol. The Labute approximate surface area is 210 Å². The number of anilines is 1. The summed E-state index contributed by atoms with van der Waals surface area (Å²) in [4.78, 5) is 25.0. The van der Waals surface area contributed by atoms with Gasteiger partial charge in [0.2, 0.25) is 5.95 Å². The third kappa shape index (κ3) is 6.53. The van der Waals surface area contributed by atoms with Crippen LogP contribution in [0.3, 0.4) is 0 Å². The topological polar surface area (TPSA) is 58.6 Å². The fourth-order valence-corrected chi connectivity index (χ4v) is 4.80. The van der Waals surface area contributed by atoms with Crippen LogP contribution in [-0.4, -0.2) is 45.2 Å². The van der Waals surface area contributed by atoms with E-state index in [-0.39, 0.29) is 41.9 Å². The van der Waals surface area contributed by atoms with Crippen LogP contribution in [0, 0.1) is 0 Å². The molecule has 2 aromatic rings. The molecule has 0 N–H and O–H groups in total. The number of likely N-dealkylation sites (tertiary alicyclic amines) is 1. The number of nitrogens with zero attached hydrogens (tertiary/aromatic N) is 4. The number of ether oxygens (including phenoxy) is 1. The van der Waals surface area contributed by atoms with Gasteiger partial charge in [0.1, 0.15) is 0 Å². The molecule has 1 saturated heterocycles. The van der Waals surface area contributed by atoms with E-state index in [0.29, 0.717) is 28.8 Å². The second-order valence-corrected chi connectivity index (χ2v) is 10.2. The molecule has 2 heterocycles. The number of piperidine rings is 1. The van der Waals surface area contributed by atoms with Crippen LogP contribution >= 0.6 is 27.5 Å². The Morgan fingerprint density at radius 1 is 1.21 bits per heavy atom. The van der Waals surface area contributed by atoms with Crippen LogP contribution in [0.1, 0.15) is 51.7 Å². The van der Waals surface area contributed by atoms with Crippen molar-refractivity contribution < 1.29 is 22.7 Å². The predicted molar refractivity (Wildman–Crippen MR) is 128 cm³/mol. The standard InChI is InChI=1S/C23H27BrClF3N4O2/c1-13(2)34-22(33)32-14(3)5-20(6-15(32)4)31(21-29-10-18(24)11-30-21)12-16-7-17(23(26,27)28)9-19(25)8-16/h7-11,13-15,20H,5-6,12H2,1-4H3. The molecule has 2 atom stereocenters. The predicted octanol–water partition coefficient (Wildman–Crippen LogP) is 6.70. The number of hydrogen-bond acceptors (Lipinski definition) is 5. The van der Waals surface area contributed by atoms with Crippen molar-refractivity contribution in [1.82, 2.24) is 14.9 Å². The Bertz CT molecular complexity index is 995. The Morgan fingerprint density at radius 2 is 1.79 bits per heavy atom. The largest absolute Gasteiger partial charge is 0.447 e. The minimum Gasteiger partial charge on any atom is -0.447 e. The van der Waals surface area contributed by atoms with Crippen LogP contribution in [0.2, 0.25) is 5.02 Å². The van der Waals surface area contributed by atoms with Crippen molar-refractivity contribution in [3.8, 4) is 0 Å². The third-order valence-electron chi connectivity index (χ3n) is 5.67. The second kappa shape index (κ2) is 10.7. The van der Waals surface area contributed by atoms with E-state index in [2.05, 4.69) is 25.9 Å². The van der Waals surface area contributed by atoms with Gasteiger partial charge in [-0.2, -0.15) is 13.2 Å². The molecule has 1 aliphatic heterocycles. The molecule has 1 fully saturated rings. The SMILES string of the molecule is CC(C)OC(=O)N1C(C)CC(N(Cc2cc(Cl)cc(C(F)(F)F)c2)c2ncc(Br)cn2)CC1C. The Morgan fingerprint density at radius 3 is 2.32 bits per heavy atom. The van der Waals surface area contributed by atoms with Crippen molar-refractivity contribution in [1.29, 1.82) is 0 Å². The molecule has 3 rings (SSSR count). The van der Waals surface area contributed by atoms with Gasteiger partial charge < -0.3 is 14.5 Å². The molecule has 11 heteroatoms. The number of rotatable bonds is 5. The van der Waals surface area contributed by atoms with Gasteiger partial charge in [0.25, 0.3) is 0 Å². The van der Waals surface area contributed by atoms with Gasteiger partial charge >= 0.3 is 12.3 Å². The quantitative estimate of drug-likeness (QED) is 0.405. The monoisotopic (exact) mass is 562 g/mol. The zero-order valence-electron chi connectivity index (χ0n) is 19.3. The molecule has 0 bridgehead atoms. The van der Waals surface area contributed by atoms with E-state index in [0.717, 1.165) is 12.1 Å². The summed E-state index contributed by atoms with van der Waals surface area (Å²) >= 11 is 9.34. The lowest BCUT2D eigenvalue weighted by molar-refractivity contribution is -0.137. The maximum Gasteiger partial charge on any atom is 0.416 e. The number of carbonyl (C=O) groups is 1. The zero-order valence-corrected chi connectivity index (χ0v) is 21.7. The number of aromatic nitrogens is 2. The molecule has 0 aliphatic carbocycles. The third-order valence-corrected chi connectivity index (χ3v) is 6.29. The molecule has 1 aliphatic rings. The summed E-state index contributed by atoms with van der Waals surface area (Å²) in [6, 6.07) is 3.10. The molecule has 34 heavy (non-hydrogen) atoms. The van der Waals surface area contributed by atoms with E-state index in [4.69, 9.17) is 16.3 Å². The number of benzene rings is 1. The van der Waals surface area contributed by atoms with Crippen LogP contribution < -0.4 is 4.90 Å². The van der Waals surface area contributed by atoms with Crippen LogP contribution in [-0.2, 0) is 17.5 Å². The molecule has 1 aromatic carbocycles. The highest BCUT2D eigenvalue weighted by molar-refractivity contribution is 9.10. The summed E-state index contributed by atoms with van der Waals surface area (Å²) in [6.07, 6.45) is -0.781. The van der Waals surface area contributed by atoms with Gasteiger partial charge in [-0.3, -0.25) is 0 Å². The van der Waals surface area contributed by atoms with Crippen molar-refractivity contribution in [2.24, 2.45) is 0 Å². The average Bonchev–Trinajstić information content (AvgIpc) is 2.70. The Hall–Kier alpha value is -2.07. The van der Waals surface area contributed by atoms with Gasteiger partial charge in [-0.15, -0.1) is 0 Å². The minimum atomic E-state index is -4.51. The van der Waals surface area contributed by atoms with Gasteiger partial charge in [0.15, 0.2) is 0 Å².